The molecule has 0 aliphatic rings. The van der Waals surface area contributed by atoms with Crippen LogP contribution in [0.25, 0.3) is 0 Å². The number of halogens is 2. The number of rotatable bonds is 5. The summed E-state index contributed by atoms with van der Waals surface area (Å²) >= 11 is 9.02. The maximum atomic E-state index is 5.60. The zero-order valence-electron chi connectivity index (χ0n) is 7.60. The monoisotopic (exact) mass is 260 g/mol. The average Bonchev–Trinajstić information content (AvgIpc) is 2.15. The molecular weight excluding hydrogens is 247 g/mol. The lowest BCUT2D eigenvalue weighted by Gasteiger charge is -2.00. The van der Waals surface area contributed by atoms with Gasteiger partial charge >= 0.3 is 0 Å². The Balaban J connectivity index is 2.25. The molecule has 0 aromatic heterocycles. The highest BCUT2D eigenvalue weighted by molar-refractivity contribution is 9.10. The number of unbranched alkanes of at least 4 members (excludes halogenated alkanes) is 2. The fourth-order valence-corrected chi connectivity index (χ4v) is 1.70. The Kier molecular flexibility index (Phi) is 5.49. The van der Waals surface area contributed by atoms with Crippen LogP contribution in [0.4, 0.5) is 0 Å². The first-order valence-electron chi connectivity index (χ1n) is 4.63. The van der Waals surface area contributed by atoms with E-state index in [9.17, 15) is 0 Å². The molecule has 13 heavy (non-hydrogen) atoms. The molecule has 0 amide bonds. The molecule has 1 rings (SSSR count). The van der Waals surface area contributed by atoms with Crippen molar-refractivity contribution >= 4 is 27.5 Å². The molecule has 0 aliphatic carbocycles. The van der Waals surface area contributed by atoms with Crippen molar-refractivity contribution in [2.24, 2.45) is 0 Å². The van der Waals surface area contributed by atoms with Gasteiger partial charge in [0.1, 0.15) is 0 Å². The van der Waals surface area contributed by atoms with E-state index in [-0.39, 0.29) is 0 Å². The van der Waals surface area contributed by atoms with Crippen LogP contribution in [0.3, 0.4) is 0 Å². The number of hydrogen-bond donors (Lipinski definition) is 0. The van der Waals surface area contributed by atoms with Gasteiger partial charge in [0, 0.05) is 10.4 Å². The summed E-state index contributed by atoms with van der Waals surface area (Å²) in [5.41, 5.74) is 1.41. The molecule has 2 heteroatoms. The summed E-state index contributed by atoms with van der Waals surface area (Å²) in [6, 6.07) is 8.53. The highest BCUT2D eigenvalue weighted by Crippen LogP contribution is 2.12. The predicted octanol–water partition coefficient (Wildman–Crippen LogP) is 4.40. The van der Waals surface area contributed by atoms with Gasteiger partial charge in [0.05, 0.1) is 0 Å². The van der Waals surface area contributed by atoms with Crippen LogP contribution < -0.4 is 0 Å². The number of hydrogen-bond acceptors (Lipinski definition) is 0. The minimum Gasteiger partial charge on any atom is -0.127 e. The topological polar surface area (TPSA) is 0 Å². The molecule has 0 radical (unpaired) electrons. The van der Waals surface area contributed by atoms with E-state index in [4.69, 9.17) is 11.6 Å². The summed E-state index contributed by atoms with van der Waals surface area (Å²) in [6.45, 7) is 0. The smallest absolute Gasteiger partial charge is 0.0223 e. The van der Waals surface area contributed by atoms with Gasteiger partial charge in [0.2, 0.25) is 0 Å². The second kappa shape index (κ2) is 6.44. The summed E-state index contributed by atoms with van der Waals surface area (Å²) in [4.78, 5) is 0. The van der Waals surface area contributed by atoms with Crippen LogP contribution >= 0.6 is 27.5 Å². The van der Waals surface area contributed by atoms with Crippen LogP contribution in [0, 0.1) is 0 Å². The second-order valence-electron chi connectivity index (χ2n) is 3.13. The number of aryl methyl sites for hydroxylation is 1. The van der Waals surface area contributed by atoms with Gasteiger partial charge < -0.3 is 0 Å². The lowest BCUT2D eigenvalue weighted by atomic mass is 10.1. The van der Waals surface area contributed by atoms with Crippen LogP contribution in [-0.4, -0.2) is 5.88 Å². The molecule has 1 aromatic carbocycles. The molecule has 0 unspecified atom stereocenters. The van der Waals surface area contributed by atoms with Crippen LogP contribution in [0.15, 0.2) is 28.7 Å². The largest absolute Gasteiger partial charge is 0.127 e. The van der Waals surface area contributed by atoms with Crippen LogP contribution in [0.1, 0.15) is 24.8 Å². The van der Waals surface area contributed by atoms with Crippen molar-refractivity contribution in [1.29, 1.82) is 0 Å². The first-order chi connectivity index (χ1) is 6.33. The molecule has 72 valence electrons. The van der Waals surface area contributed by atoms with Crippen molar-refractivity contribution in [2.75, 3.05) is 5.88 Å². The maximum absolute atomic E-state index is 5.60. The van der Waals surface area contributed by atoms with E-state index in [1.165, 1.54) is 24.8 Å². The normalized spacial score (nSPS) is 10.3. The second-order valence-corrected chi connectivity index (χ2v) is 4.42. The van der Waals surface area contributed by atoms with Crippen molar-refractivity contribution in [3.63, 3.8) is 0 Å². The number of benzene rings is 1. The van der Waals surface area contributed by atoms with Crippen LogP contribution in [0.5, 0.6) is 0 Å². The minimum atomic E-state index is 0.792. The zero-order valence-corrected chi connectivity index (χ0v) is 9.94. The van der Waals surface area contributed by atoms with Gasteiger partial charge in [-0.1, -0.05) is 34.5 Å². The Hall–Kier alpha value is -0.0100. The Morgan fingerprint density at radius 3 is 2.31 bits per heavy atom. The molecule has 0 nitrogen and oxygen atoms in total. The van der Waals surface area contributed by atoms with Crippen LogP contribution in [-0.2, 0) is 6.42 Å². The van der Waals surface area contributed by atoms with Gasteiger partial charge in [0.15, 0.2) is 0 Å². The molecule has 0 fully saturated rings. The van der Waals surface area contributed by atoms with Crippen molar-refractivity contribution in [3.8, 4) is 0 Å². The Bertz CT molecular complexity index is 230. The Morgan fingerprint density at radius 2 is 1.69 bits per heavy atom. The highest BCUT2D eigenvalue weighted by atomic mass is 79.9. The molecular formula is C11H14BrCl. The van der Waals surface area contributed by atoms with Gasteiger partial charge in [-0.15, -0.1) is 11.6 Å². The van der Waals surface area contributed by atoms with E-state index in [0.717, 1.165) is 16.8 Å². The standard InChI is InChI=1S/C11H14BrCl/c12-11-7-5-10(6-8-11)4-2-1-3-9-13/h5-8H,1-4,9H2. The van der Waals surface area contributed by atoms with E-state index in [1.807, 2.05) is 0 Å². The van der Waals surface area contributed by atoms with E-state index < -0.39 is 0 Å². The Labute approximate surface area is 93.4 Å². The highest BCUT2D eigenvalue weighted by Gasteiger charge is 1.93. The van der Waals surface area contributed by atoms with Crippen molar-refractivity contribution < 1.29 is 0 Å². The predicted molar refractivity (Wildman–Crippen MR) is 62.4 cm³/mol. The molecule has 0 atom stereocenters. The summed E-state index contributed by atoms with van der Waals surface area (Å²) in [5.74, 6) is 0.792. The summed E-state index contributed by atoms with van der Waals surface area (Å²) < 4.78 is 1.15. The third-order valence-corrected chi connectivity index (χ3v) is 2.81. The molecule has 0 aliphatic heterocycles. The molecule has 0 N–H and O–H groups in total. The fraction of sp³-hybridized carbons (Fsp3) is 0.455. The van der Waals surface area contributed by atoms with Crippen molar-refractivity contribution in [3.05, 3.63) is 34.3 Å². The minimum absolute atomic E-state index is 0.792. The molecule has 0 bridgehead atoms. The van der Waals surface area contributed by atoms with E-state index in [2.05, 4.69) is 40.2 Å². The van der Waals surface area contributed by atoms with E-state index in [0.29, 0.717) is 0 Å². The molecule has 0 saturated carbocycles. The quantitative estimate of drug-likeness (QED) is 0.544. The summed E-state index contributed by atoms with van der Waals surface area (Å²) in [5, 5.41) is 0. The van der Waals surface area contributed by atoms with Gasteiger partial charge in [-0.05, 0) is 37.0 Å². The number of alkyl halides is 1. The first kappa shape index (κ1) is 11.1. The molecule has 0 spiro atoms. The molecule has 0 saturated heterocycles. The lowest BCUT2D eigenvalue weighted by Crippen LogP contribution is -1.85. The summed E-state index contributed by atoms with van der Waals surface area (Å²) in [6.07, 6.45) is 4.79. The SMILES string of the molecule is ClCCCCCc1ccc(Br)cc1. The first-order valence-corrected chi connectivity index (χ1v) is 5.96. The van der Waals surface area contributed by atoms with E-state index in [1.54, 1.807) is 0 Å². The molecule has 0 heterocycles. The maximum Gasteiger partial charge on any atom is 0.0223 e. The van der Waals surface area contributed by atoms with Gasteiger partial charge in [-0.25, -0.2) is 0 Å². The van der Waals surface area contributed by atoms with Gasteiger partial charge in [-0.2, -0.15) is 0 Å². The lowest BCUT2D eigenvalue weighted by molar-refractivity contribution is 0.720. The molecule has 1 aromatic rings. The average molecular weight is 262 g/mol. The third-order valence-electron chi connectivity index (χ3n) is 2.01. The van der Waals surface area contributed by atoms with E-state index >= 15 is 0 Å². The van der Waals surface area contributed by atoms with Gasteiger partial charge in [0.25, 0.3) is 0 Å². The zero-order chi connectivity index (χ0) is 9.52. The van der Waals surface area contributed by atoms with Gasteiger partial charge in [-0.3, -0.25) is 0 Å². The van der Waals surface area contributed by atoms with Crippen molar-refractivity contribution in [2.45, 2.75) is 25.7 Å². The summed E-state index contributed by atoms with van der Waals surface area (Å²) in [7, 11) is 0. The Morgan fingerprint density at radius 1 is 1.00 bits per heavy atom. The fourth-order valence-electron chi connectivity index (χ4n) is 1.25. The van der Waals surface area contributed by atoms with Crippen LogP contribution in [0.2, 0.25) is 0 Å². The van der Waals surface area contributed by atoms with Crippen molar-refractivity contribution in [1.82, 2.24) is 0 Å². The third kappa shape index (κ3) is 4.68.